The molecule has 3 nitrogen and oxygen atoms in total. The molecule has 1 fully saturated rings. The quantitative estimate of drug-likeness (QED) is 0.563. The number of aliphatic hydroxyl groups excluding tert-OH is 1. The van der Waals surface area contributed by atoms with Crippen molar-refractivity contribution in [2.24, 2.45) is 0 Å². The molecule has 1 saturated heterocycles. The highest BCUT2D eigenvalue weighted by molar-refractivity contribution is 4.73. The minimum atomic E-state index is 0.0165. The van der Waals surface area contributed by atoms with Gasteiger partial charge in [-0.2, -0.15) is 0 Å². The van der Waals surface area contributed by atoms with E-state index in [-0.39, 0.29) is 12.7 Å². The van der Waals surface area contributed by atoms with Gasteiger partial charge < -0.3 is 15.2 Å². The molecule has 3 heteroatoms. The van der Waals surface area contributed by atoms with Crippen LogP contribution in [0.4, 0.5) is 0 Å². The zero-order valence-corrected chi connectivity index (χ0v) is 6.34. The van der Waals surface area contributed by atoms with Crippen molar-refractivity contribution in [3.05, 3.63) is 0 Å². The number of rotatable bonds is 2. The molecule has 1 aliphatic rings. The molecule has 0 saturated carbocycles. The maximum atomic E-state index is 8.68. The lowest BCUT2D eigenvalue weighted by Gasteiger charge is -2.28. The summed E-state index contributed by atoms with van der Waals surface area (Å²) >= 11 is 0. The van der Waals surface area contributed by atoms with E-state index in [1.807, 2.05) is 0 Å². The molecule has 1 aliphatic heterocycles. The predicted octanol–water partition coefficient (Wildman–Crippen LogP) is -0.254. The first-order valence-corrected chi connectivity index (χ1v) is 3.82. The highest BCUT2D eigenvalue weighted by atomic mass is 16.5. The first-order valence-electron chi connectivity index (χ1n) is 3.82. The lowest BCUT2D eigenvalue weighted by molar-refractivity contribution is -0.0258. The van der Waals surface area contributed by atoms with Crippen LogP contribution in [0.1, 0.15) is 13.3 Å². The van der Waals surface area contributed by atoms with Crippen molar-refractivity contribution in [1.29, 1.82) is 0 Å². The Morgan fingerprint density at radius 1 is 1.70 bits per heavy atom. The van der Waals surface area contributed by atoms with Crippen molar-refractivity contribution in [1.82, 2.24) is 5.32 Å². The van der Waals surface area contributed by atoms with E-state index in [4.69, 9.17) is 9.84 Å². The van der Waals surface area contributed by atoms with E-state index in [1.165, 1.54) is 0 Å². The molecule has 10 heavy (non-hydrogen) atoms. The Morgan fingerprint density at radius 2 is 2.50 bits per heavy atom. The van der Waals surface area contributed by atoms with E-state index in [1.54, 1.807) is 0 Å². The summed E-state index contributed by atoms with van der Waals surface area (Å²) in [4.78, 5) is 0. The van der Waals surface area contributed by atoms with E-state index in [9.17, 15) is 0 Å². The van der Waals surface area contributed by atoms with Gasteiger partial charge in [0, 0.05) is 12.6 Å². The fraction of sp³-hybridized carbons (Fsp3) is 1.00. The third kappa shape index (κ3) is 1.94. The summed E-state index contributed by atoms with van der Waals surface area (Å²) in [5, 5.41) is 12.0. The standard InChI is InChI=1S/C7H15NO2/c1-2-6-5-10-7(4-9)3-8-6/h6-9H,2-5H2,1H3/t6-,7?/m0/s1. The van der Waals surface area contributed by atoms with Gasteiger partial charge in [-0.25, -0.2) is 0 Å². The zero-order valence-electron chi connectivity index (χ0n) is 6.34. The van der Waals surface area contributed by atoms with Crippen molar-refractivity contribution >= 4 is 0 Å². The number of aliphatic hydroxyl groups is 1. The van der Waals surface area contributed by atoms with Gasteiger partial charge in [-0.05, 0) is 6.42 Å². The number of ether oxygens (including phenoxy) is 1. The molecule has 0 aromatic carbocycles. The molecule has 0 amide bonds. The minimum absolute atomic E-state index is 0.0165. The zero-order chi connectivity index (χ0) is 7.40. The van der Waals surface area contributed by atoms with Crippen LogP contribution >= 0.6 is 0 Å². The van der Waals surface area contributed by atoms with Gasteiger partial charge in [0.25, 0.3) is 0 Å². The third-order valence-corrected chi connectivity index (χ3v) is 1.86. The Labute approximate surface area is 61.4 Å². The first kappa shape index (κ1) is 7.98. The fourth-order valence-corrected chi connectivity index (χ4v) is 1.05. The largest absolute Gasteiger partial charge is 0.394 e. The molecule has 2 atom stereocenters. The maximum Gasteiger partial charge on any atom is 0.0930 e. The van der Waals surface area contributed by atoms with Gasteiger partial charge in [-0.1, -0.05) is 6.92 Å². The smallest absolute Gasteiger partial charge is 0.0930 e. The van der Waals surface area contributed by atoms with Crippen molar-refractivity contribution in [3.8, 4) is 0 Å². The molecule has 0 aromatic rings. The van der Waals surface area contributed by atoms with E-state index in [0.29, 0.717) is 6.04 Å². The number of nitrogens with one attached hydrogen (secondary N) is 1. The van der Waals surface area contributed by atoms with Crippen molar-refractivity contribution in [3.63, 3.8) is 0 Å². The fourth-order valence-electron chi connectivity index (χ4n) is 1.05. The molecule has 60 valence electrons. The monoisotopic (exact) mass is 145 g/mol. The van der Waals surface area contributed by atoms with Crippen LogP contribution in [0.5, 0.6) is 0 Å². The Morgan fingerprint density at radius 3 is 2.90 bits per heavy atom. The molecule has 2 N–H and O–H groups in total. The van der Waals surface area contributed by atoms with Crippen LogP contribution in [0.25, 0.3) is 0 Å². The Bertz CT molecular complexity index is 77.6. The maximum absolute atomic E-state index is 8.68. The van der Waals surface area contributed by atoms with E-state index in [2.05, 4.69) is 12.2 Å². The topological polar surface area (TPSA) is 41.5 Å². The summed E-state index contributed by atoms with van der Waals surface area (Å²) in [5.41, 5.74) is 0. The lowest BCUT2D eigenvalue weighted by Crippen LogP contribution is -2.47. The molecule has 0 aliphatic carbocycles. The molecule has 0 aromatic heterocycles. The average Bonchev–Trinajstić information content (AvgIpc) is 2.05. The molecule has 1 unspecified atom stereocenters. The normalized spacial score (nSPS) is 34.2. The summed E-state index contributed by atoms with van der Waals surface area (Å²) in [5.74, 6) is 0. The van der Waals surface area contributed by atoms with E-state index >= 15 is 0 Å². The second-order valence-electron chi connectivity index (χ2n) is 2.65. The summed E-state index contributed by atoms with van der Waals surface area (Å²) < 4.78 is 5.32. The van der Waals surface area contributed by atoms with E-state index < -0.39 is 0 Å². The highest BCUT2D eigenvalue weighted by Crippen LogP contribution is 2.02. The van der Waals surface area contributed by atoms with Crippen LogP contribution in [0.2, 0.25) is 0 Å². The first-order chi connectivity index (χ1) is 4.86. The number of hydrogen-bond donors (Lipinski definition) is 2. The van der Waals surface area contributed by atoms with E-state index in [0.717, 1.165) is 19.6 Å². The second-order valence-corrected chi connectivity index (χ2v) is 2.65. The molecule has 0 spiro atoms. The van der Waals surface area contributed by atoms with Gasteiger partial charge in [-0.15, -0.1) is 0 Å². The molecular formula is C7H15NO2. The van der Waals surface area contributed by atoms with Gasteiger partial charge in [-0.3, -0.25) is 0 Å². The van der Waals surface area contributed by atoms with Gasteiger partial charge in [0.1, 0.15) is 0 Å². The van der Waals surface area contributed by atoms with Gasteiger partial charge in [0.05, 0.1) is 19.3 Å². The molecule has 1 rings (SSSR count). The van der Waals surface area contributed by atoms with Crippen molar-refractivity contribution in [2.75, 3.05) is 19.8 Å². The van der Waals surface area contributed by atoms with Gasteiger partial charge in [0.15, 0.2) is 0 Å². The predicted molar refractivity (Wildman–Crippen MR) is 38.9 cm³/mol. The molecule has 1 heterocycles. The molecule has 0 radical (unpaired) electrons. The Kier molecular flexibility index (Phi) is 3.12. The lowest BCUT2D eigenvalue weighted by atomic mass is 10.2. The summed E-state index contributed by atoms with van der Waals surface area (Å²) in [6.45, 7) is 3.78. The van der Waals surface area contributed by atoms with Gasteiger partial charge >= 0.3 is 0 Å². The van der Waals surface area contributed by atoms with Crippen LogP contribution in [-0.4, -0.2) is 37.0 Å². The van der Waals surface area contributed by atoms with Crippen LogP contribution in [0, 0.1) is 0 Å². The summed E-state index contributed by atoms with van der Waals surface area (Å²) in [6, 6.07) is 0.489. The van der Waals surface area contributed by atoms with Crippen molar-refractivity contribution < 1.29 is 9.84 Å². The molecular weight excluding hydrogens is 130 g/mol. The average molecular weight is 145 g/mol. The van der Waals surface area contributed by atoms with Crippen molar-refractivity contribution in [2.45, 2.75) is 25.5 Å². The number of morpholine rings is 1. The Hall–Kier alpha value is -0.120. The third-order valence-electron chi connectivity index (χ3n) is 1.86. The highest BCUT2D eigenvalue weighted by Gasteiger charge is 2.17. The van der Waals surface area contributed by atoms with Crippen LogP contribution < -0.4 is 5.32 Å². The summed E-state index contributed by atoms with van der Waals surface area (Å²) in [6.07, 6.45) is 1.11. The summed E-state index contributed by atoms with van der Waals surface area (Å²) in [7, 11) is 0. The SMILES string of the molecule is CC[C@H]1COC(CO)CN1. The Balaban J connectivity index is 2.17. The molecule has 0 bridgehead atoms. The van der Waals surface area contributed by atoms with Crippen LogP contribution in [-0.2, 0) is 4.74 Å². The van der Waals surface area contributed by atoms with Crippen LogP contribution in [0.15, 0.2) is 0 Å². The van der Waals surface area contributed by atoms with Crippen LogP contribution in [0.3, 0.4) is 0 Å². The minimum Gasteiger partial charge on any atom is -0.394 e. The number of hydrogen-bond acceptors (Lipinski definition) is 3. The second kappa shape index (κ2) is 3.91. The van der Waals surface area contributed by atoms with Gasteiger partial charge in [0.2, 0.25) is 0 Å².